The second-order valence-corrected chi connectivity index (χ2v) is 8.71. The number of carboxylic acid groups (broad SMARTS) is 1. The number of ether oxygens (including phenoxy) is 2. The molecule has 6 rings (SSSR count). The van der Waals surface area contributed by atoms with Crippen LogP contribution in [-0.4, -0.2) is 41.7 Å². The predicted octanol–water partition coefficient (Wildman–Crippen LogP) is 2.35. The molecule has 6 aliphatic rings. The van der Waals surface area contributed by atoms with Gasteiger partial charge in [-0.3, -0.25) is 4.79 Å². The highest BCUT2D eigenvalue weighted by Gasteiger charge is 2.83. The first-order valence-corrected chi connectivity index (χ1v) is 9.28. The Morgan fingerprint density at radius 3 is 2.84 bits per heavy atom. The van der Waals surface area contributed by atoms with Gasteiger partial charge in [0, 0.05) is 29.1 Å². The summed E-state index contributed by atoms with van der Waals surface area (Å²) in [6.07, 6.45) is 3.47. The summed E-state index contributed by atoms with van der Waals surface area (Å²) in [5.41, 5.74) is -0.123. The third kappa shape index (κ3) is 1.72. The van der Waals surface area contributed by atoms with Crippen molar-refractivity contribution < 1.29 is 29.1 Å². The molecule has 6 fully saturated rings. The van der Waals surface area contributed by atoms with E-state index < -0.39 is 18.0 Å². The molecule has 3 saturated heterocycles. The molecule has 3 bridgehead atoms. The van der Waals surface area contributed by atoms with Crippen molar-refractivity contribution in [1.82, 2.24) is 0 Å². The summed E-state index contributed by atoms with van der Waals surface area (Å²) in [4.78, 5) is 27.0. The largest absolute Gasteiger partial charge is 0.480 e. The molecule has 0 aromatic rings. The van der Waals surface area contributed by atoms with Crippen LogP contribution in [0.2, 0.25) is 0 Å². The summed E-state index contributed by atoms with van der Waals surface area (Å²) < 4.78 is 12.4. The molecule has 0 radical (unpaired) electrons. The Labute approximate surface area is 146 Å². The third-order valence-corrected chi connectivity index (χ3v) is 7.82. The van der Waals surface area contributed by atoms with Gasteiger partial charge in [-0.05, 0) is 32.1 Å². The number of carboxylic acids is 1. The Bertz CT molecular complexity index is 666. The van der Waals surface area contributed by atoms with Crippen molar-refractivity contribution >= 4 is 11.9 Å². The van der Waals surface area contributed by atoms with Crippen LogP contribution in [-0.2, 0) is 24.0 Å². The van der Waals surface area contributed by atoms with Gasteiger partial charge in [-0.2, -0.15) is 0 Å². The first-order chi connectivity index (χ1) is 11.8. The van der Waals surface area contributed by atoms with Gasteiger partial charge in [-0.25, -0.2) is 14.8 Å². The van der Waals surface area contributed by atoms with E-state index in [9.17, 15) is 4.79 Å². The molecule has 138 valence electrons. The van der Waals surface area contributed by atoms with E-state index >= 15 is 0 Å². The lowest BCUT2D eigenvalue weighted by molar-refractivity contribution is -0.540. The Kier molecular flexibility index (Phi) is 3.05. The molecule has 25 heavy (non-hydrogen) atoms. The van der Waals surface area contributed by atoms with Crippen molar-refractivity contribution in [3.8, 4) is 0 Å². The monoisotopic (exact) mass is 351 g/mol. The third-order valence-electron chi connectivity index (χ3n) is 7.82. The summed E-state index contributed by atoms with van der Waals surface area (Å²) in [5, 5.41) is 9.00. The van der Waals surface area contributed by atoms with E-state index in [0.29, 0.717) is 11.8 Å². The quantitative estimate of drug-likeness (QED) is 0.769. The lowest BCUT2D eigenvalue weighted by Crippen LogP contribution is -2.81. The maximum Gasteiger partial charge on any atom is 0.325 e. The van der Waals surface area contributed by atoms with Crippen LogP contribution in [0.3, 0.4) is 0 Å². The summed E-state index contributed by atoms with van der Waals surface area (Å²) in [7, 11) is 0. The highest BCUT2D eigenvalue weighted by Crippen LogP contribution is 2.79. The second-order valence-electron chi connectivity index (χ2n) is 8.71. The maximum atomic E-state index is 11.0. The van der Waals surface area contributed by atoms with Crippen LogP contribution >= 0.6 is 0 Å². The molecule has 7 nitrogen and oxygen atoms in total. The summed E-state index contributed by atoms with van der Waals surface area (Å²) in [5.74, 6) is -0.530. The molecule has 3 heterocycles. The van der Waals surface area contributed by atoms with Gasteiger partial charge in [0.2, 0.25) is 12.1 Å². The Hall–Kier alpha value is -1.18. The van der Waals surface area contributed by atoms with Gasteiger partial charge >= 0.3 is 5.97 Å². The number of aliphatic carboxylic acids is 1. The molecule has 2 spiro atoms. The van der Waals surface area contributed by atoms with Crippen molar-refractivity contribution in [2.45, 2.75) is 64.6 Å². The SMILES string of the molecule is C[C@@H]1CCC23C4OO[C@@]5(C)CCC41C2[C@H](O/C(=N/CC(=O)O)[C@@H]3C)O5. The molecule has 8 atom stereocenters. The lowest BCUT2D eigenvalue weighted by atomic mass is 9.31. The number of nitrogens with zero attached hydrogens (tertiary/aromatic N) is 1. The average molecular weight is 351 g/mol. The van der Waals surface area contributed by atoms with Crippen LogP contribution < -0.4 is 0 Å². The zero-order valence-electron chi connectivity index (χ0n) is 14.9. The van der Waals surface area contributed by atoms with Crippen molar-refractivity contribution in [2.75, 3.05) is 6.54 Å². The van der Waals surface area contributed by atoms with Crippen LogP contribution in [0.25, 0.3) is 0 Å². The van der Waals surface area contributed by atoms with E-state index in [1.165, 1.54) is 0 Å². The average Bonchev–Trinajstić information content (AvgIpc) is 2.74. The fourth-order valence-electron chi connectivity index (χ4n) is 6.64. The molecule has 0 aromatic heterocycles. The topological polar surface area (TPSA) is 86.6 Å². The number of carbonyl (C=O) groups is 1. The molecular formula is C18H25NO6. The number of aliphatic imine (C=N–C) groups is 1. The van der Waals surface area contributed by atoms with E-state index in [-0.39, 0.29) is 35.3 Å². The van der Waals surface area contributed by atoms with Crippen LogP contribution in [0, 0.1) is 28.6 Å². The van der Waals surface area contributed by atoms with E-state index in [1.54, 1.807) is 0 Å². The predicted molar refractivity (Wildman–Crippen MR) is 85.4 cm³/mol. The van der Waals surface area contributed by atoms with Crippen molar-refractivity contribution in [3.05, 3.63) is 0 Å². The van der Waals surface area contributed by atoms with Gasteiger partial charge < -0.3 is 14.6 Å². The normalized spacial score (nSPS) is 57.2. The van der Waals surface area contributed by atoms with E-state index in [2.05, 4.69) is 18.8 Å². The van der Waals surface area contributed by atoms with E-state index in [1.807, 2.05) is 6.92 Å². The molecule has 1 N–H and O–H groups in total. The van der Waals surface area contributed by atoms with Crippen LogP contribution in [0.1, 0.15) is 46.5 Å². The fraction of sp³-hybridized carbons (Fsp3) is 0.889. The fourth-order valence-corrected chi connectivity index (χ4v) is 6.64. The van der Waals surface area contributed by atoms with Gasteiger partial charge in [-0.15, -0.1) is 0 Å². The molecule has 0 amide bonds. The highest BCUT2D eigenvalue weighted by atomic mass is 17.2. The minimum absolute atomic E-state index is 0.00379. The van der Waals surface area contributed by atoms with Gasteiger partial charge in [0.05, 0.1) is 0 Å². The van der Waals surface area contributed by atoms with E-state index in [0.717, 1.165) is 25.7 Å². The molecule has 7 heteroatoms. The summed E-state index contributed by atoms with van der Waals surface area (Å²) in [6.45, 7) is 6.00. The molecule has 4 unspecified atom stereocenters. The first kappa shape index (κ1) is 16.0. The highest BCUT2D eigenvalue weighted by molar-refractivity contribution is 5.83. The van der Waals surface area contributed by atoms with Gasteiger partial charge in [-0.1, -0.05) is 13.8 Å². The lowest BCUT2D eigenvalue weighted by Gasteiger charge is -2.76. The smallest absolute Gasteiger partial charge is 0.325 e. The number of fused-ring (bicyclic) bond motifs is 4. The van der Waals surface area contributed by atoms with E-state index in [4.69, 9.17) is 24.4 Å². The number of rotatable bonds is 2. The minimum Gasteiger partial charge on any atom is -0.480 e. The molecule has 3 aliphatic heterocycles. The minimum atomic E-state index is -0.960. The van der Waals surface area contributed by atoms with Gasteiger partial charge in [0.1, 0.15) is 12.6 Å². The Balaban J connectivity index is 1.63. The van der Waals surface area contributed by atoms with Crippen LogP contribution in [0.5, 0.6) is 0 Å². The molecule has 3 aliphatic carbocycles. The van der Waals surface area contributed by atoms with Gasteiger partial charge in [0.25, 0.3) is 0 Å². The molecule has 0 aromatic carbocycles. The standard InChI is InChI=1S/C18H25NO6/c1-9-4-5-18-10(2)13(19-8-11(20)21)22-14-12(18)17(9)7-6-16(3,23-14)25-24-15(17)18/h9-10,12,14-15H,4-8H2,1-3H3,(H,20,21)/b19-13+/t9-,10+,12?,14-,15?,16+,17?,18?/m1/s1. The Morgan fingerprint density at radius 2 is 2.08 bits per heavy atom. The zero-order valence-corrected chi connectivity index (χ0v) is 14.9. The maximum absolute atomic E-state index is 11.0. The number of hydrogen-bond acceptors (Lipinski definition) is 6. The summed E-state index contributed by atoms with van der Waals surface area (Å²) in [6, 6.07) is 0. The van der Waals surface area contributed by atoms with Crippen molar-refractivity contribution in [2.24, 2.45) is 33.6 Å². The molecule has 3 saturated carbocycles. The Morgan fingerprint density at radius 1 is 1.28 bits per heavy atom. The second kappa shape index (κ2) is 4.75. The first-order valence-electron chi connectivity index (χ1n) is 9.28. The van der Waals surface area contributed by atoms with Crippen molar-refractivity contribution in [1.29, 1.82) is 0 Å². The zero-order chi connectivity index (χ0) is 17.6. The molecular weight excluding hydrogens is 326 g/mol. The van der Waals surface area contributed by atoms with Crippen LogP contribution in [0.4, 0.5) is 0 Å². The van der Waals surface area contributed by atoms with Gasteiger partial charge in [0.15, 0.2) is 5.90 Å². The number of hydrogen-bond donors (Lipinski definition) is 1. The summed E-state index contributed by atoms with van der Waals surface area (Å²) >= 11 is 0. The van der Waals surface area contributed by atoms with Crippen LogP contribution in [0.15, 0.2) is 4.99 Å². The van der Waals surface area contributed by atoms with Crippen molar-refractivity contribution in [3.63, 3.8) is 0 Å².